The second-order valence-corrected chi connectivity index (χ2v) is 24.1. The standard InChI is InChI=1S/C77H136O6/c1-4-7-10-13-16-18-20-22-24-26-28-30-32-34-36-37-38-39-40-42-43-45-47-49-51-53-55-57-59-61-64-67-70-76(79)82-73-74(72-81-75(78)69-66-63-15-12-9-6-3)83-77(80)71-68-65-62-60-58-56-54-52-50-48-46-44-41-35-33-31-29-27-25-23-21-19-17-14-11-8-5-2/h8,11,17,19,23,25,29,31,35,41,46,48,52,54,74H,4-7,9-10,12-16,18,20-22,24,26-28,30,32-34,36-40,42-45,47,49-51,53,55-73H2,1-3H3/b11-8-,19-17-,25-23-,31-29-,41-35-,48-46-,54-52-. The number of rotatable bonds is 66. The molecular formula is C77H136O6. The summed E-state index contributed by atoms with van der Waals surface area (Å²) in [4.78, 5) is 38.1. The van der Waals surface area contributed by atoms with Gasteiger partial charge < -0.3 is 14.2 Å². The van der Waals surface area contributed by atoms with E-state index in [1.807, 2.05) is 0 Å². The smallest absolute Gasteiger partial charge is 0.306 e. The summed E-state index contributed by atoms with van der Waals surface area (Å²) in [6, 6.07) is 0. The lowest BCUT2D eigenvalue weighted by atomic mass is 10.0. The molecule has 0 rings (SSSR count). The largest absolute Gasteiger partial charge is 0.462 e. The minimum absolute atomic E-state index is 0.0812. The summed E-state index contributed by atoms with van der Waals surface area (Å²) < 4.78 is 16.8. The summed E-state index contributed by atoms with van der Waals surface area (Å²) in [5, 5.41) is 0. The second-order valence-electron chi connectivity index (χ2n) is 24.1. The number of allylic oxidation sites excluding steroid dienone is 14. The zero-order valence-corrected chi connectivity index (χ0v) is 55.2. The minimum atomic E-state index is -0.784. The lowest BCUT2D eigenvalue weighted by Crippen LogP contribution is -2.30. The van der Waals surface area contributed by atoms with Crippen LogP contribution in [0.25, 0.3) is 0 Å². The van der Waals surface area contributed by atoms with Crippen molar-refractivity contribution < 1.29 is 28.6 Å². The Bertz CT molecular complexity index is 1570. The molecule has 0 saturated heterocycles. The number of carbonyl (C=O) groups is 3. The fourth-order valence-electron chi connectivity index (χ4n) is 10.5. The van der Waals surface area contributed by atoms with Gasteiger partial charge in [-0.05, 0) is 77.0 Å². The third-order valence-corrected chi connectivity index (χ3v) is 15.9. The highest BCUT2D eigenvalue weighted by Gasteiger charge is 2.19. The van der Waals surface area contributed by atoms with E-state index < -0.39 is 6.10 Å². The van der Waals surface area contributed by atoms with Crippen molar-refractivity contribution in [1.29, 1.82) is 0 Å². The van der Waals surface area contributed by atoms with E-state index in [-0.39, 0.29) is 31.1 Å². The van der Waals surface area contributed by atoms with Gasteiger partial charge in [-0.3, -0.25) is 14.4 Å². The van der Waals surface area contributed by atoms with Gasteiger partial charge in [0.15, 0.2) is 6.10 Å². The van der Waals surface area contributed by atoms with E-state index in [2.05, 4.69) is 106 Å². The Morgan fingerprint density at radius 1 is 0.253 bits per heavy atom. The van der Waals surface area contributed by atoms with Gasteiger partial charge in [-0.1, -0.05) is 356 Å². The van der Waals surface area contributed by atoms with Gasteiger partial charge in [-0.25, -0.2) is 0 Å². The molecule has 1 atom stereocenters. The average Bonchev–Trinajstić information content (AvgIpc) is 3.48. The minimum Gasteiger partial charge on any atom is -0.462 e. The molecular weight excluding hydrogens is 1020 g/mol. The maximum Gasteiger partial charge on any atom is 0.306 e. The normalized spacial score (nSPS) is 12.6. The van der Waals surface area contributed by atoms with Crippen molar-refractivity contribution >= 4 is 17.9 Å². The summed E-state index contributed by atoms with van der Waals surface area (Å²) >= 11 is 0. The molecule has 0 N–H and O–H groups in total. The molecule has 0 amide bonds. The number of esters is 3. The van der Waals surface area contributed by atoms with Gasteiger partial charge in [-0.15, -0.1) is 0 Å². The Kier molecular flexibility index (Phi) is 68.2. The lowest BCUT2D eigenvalue weighted by Gasteiger charge is -2.18. The molecule has 0 saturated carbocycles. The Morgan fingerprint density at radius 3 is 0.735 bits per heavy atom. The molecule has 0 bridgehead atoms. The summed E-state index contributed by atoms with van der Waals surface area (Å²) in [5.74, 6) is -0.895. The van der Waals surface area contributed by atoms with Crippen molar-refractivity contribution in [1.82, 2.24) is 0 Å². The first-order valence-electron chi connectivity index (χ1n) is 36.1. The molecule has 0 radical (unpaired) electrons. The SMILES string of the molecule is CC/C=C\C/C=C\C/C=C\C/C=C\C/C=C\C/C=C\C/C=C\CCCCCCCC(=O)OC(COC(=O)CCCCCCCC)COC(=O)CCCCCCCCCCCCCCCCCCCCCCCCCCCCCCCCCC. The molecule has 0 aromatic heterocycles. The molecule has 0 aromatic carbocycles. The van der Waals surface area contributed by atoms with E-state index in [1.165, 1.54) is 205 Å². The van der Waals surface area contributed by atoms with Crippen LogP contribution in [0.4, 0.5) is 0 Å². The predicted octanol–water partition coefficient (Wildman–Crippen LogP) is 25.0. The Hall–Kier alpha value is -3.41. The predicted molar refractivity (Wildman–Crippen MR) is 362 cm³/mol. The van der Waals surface area contributed by atoms with Crippen LogP contribution < -0.4 is 0 Å². The monoisotopic (exact) mass is 1160 g/mol. The van der Waals surface area contributed by atoms with Crippen LogP contribution in [0.15, 0.2) is 85.1 Å². The van der Waals surface area contributed by atoms with Gasteiger partial charge in [0.1, 0.15) is 13.2 Å². The molecule has 0 aliphatic carbocycles. The zero-order valence-electron chi connectivity index (χ0n) is 55.2. The number of hydrogen-bond donors (Lipinski definition) is 0. The lowest BCUT2D eigenvalue weighted by molar-refractivity contribution is -0.167. The molecule has 0 fully saturated rings. The van der Waals surface area contributed by atoms with E-state index in [0.29, 0.717) is 19.3 Å². The van der Waals surface area contributed by atoms with E-state index in [1.54, 1.807) is 0 Å². The highest BCUT2D eigenvalue weighted by molar-refractivity contribution is 5.71. The topological polar surface area (TPSA) is 78.9 Å². The average molecular weight is 1160 g/mol. The maximum absolute atomic E-state index is 12.9. The number of carbonyl (C=O) groups excluding carboxylic acids is 3. The molecule has 6 nitrogen and oxygen atoms in total. The number of hydrogen-bond acceptors (Lipinski definition) is 6. The summed E-state index contributed by atoms with van der Waals surface area (Å²) in [5.41, 5.74) is 0. The number of ether oxygens (including phenoxy) is 3. The number of unbranched alkanes of at least 4 members (excludes halogenated alkanes) is 41. The van der Waals surface area contributed by atoms with Crippen LogP contribution in [0.2, 0.25) is 0 Å². The van der Waals surface area contributed by atoms with Crippen LogP contribution in [0, 0.1) is 0 Å². The van der Waals surface area contributed by atoms with Crippen molar-refractivity contribution in [2.24, 2.45) is 0 Å². The molecule has 1 unspecified atom stereocenters. The van der Waals surface area contributed by atoms with Gasteiger partial charge in [0, 0.05) is 19.3 Å². The van der Waals surface area contributed by atoms with Crippen LogP contribution in [-0.2, 0) is 28.6 Å². The second kappa shape index (κ2) is 71.1. The van der Waals surface area contributed by atoms with Crippen LogP contribution in [0.3, 0.4) is 0 Å². The van der Waals surface area contributed by atoms with E-state index in [4.69, 9.17) is 14.2 Å². The molecule has 83 heavy (non-hydrogen) atoms. The van der Waals surface area contributed by atoms with Gasteiger partial charge in [0.2, 0.25) is 0 Å². The van der Waals surface area contributed by atoms with Crippen LogP contribution >= 0.6 is 0 Å². The Labute approximate surface area is 515 Å². The van der Waals surface area contributed by atoms with Gasteiger partial charge in [-0.2, -0.15) is 0 Å². The molecule has 0 aliphatic rings. The van der Waals surface area contributed by atoms with Crippen LogP contribution in [0.5, 0.6) is 0 Å². The first-order valence-corrected chi connectivity index (χ1v) is 36.1. The quantitative estimate of drug-likeness (QED) is 0.0261. The van der Waals surface area contributed by atoms with Crippen LogP contribution in [-0.4, -0.2) is 37.2 Å². The molecule has 0 spiro atoms. The maximum atomic E-state index is 12.9. The Balaban J connectivity index is 4.02. The fraction of sp³-hybridized carbons (Fsp3) is 0.779. The van der Waals surface area contributed by atoms with Crippen LogP contribution in [0.1, 0.15) is 367 Å². The highest BCUT2D eigenvalue weighted by Crippen LogP contribution is 2.18. The van der Waals surface area contributed by atoms with Gasteiger partial charge >= 0.3 is 17.9 Å². The molecule has 6 heteroatoms. The summed E-state index contributed by atoms with van der Waals surface area (Å²) in [7, 11) is 0. The highest BCUT2D eigenvalue weighted by atomic mass is 16.6. The van der Waals surface area contributed by atoms with Crippen molar-refractivity contribution in [2.45, 2.75) is 374 Å². The first kappa shape index (κ1) is 79.6. The summed E-state index contributed by atoms with van der Waals surface area (Å²) in [6.45, 7) is 6.50. The fourth-order valence-corrected chi connectivity index (χ4v) is 10.5. The molecule has 0 aromatic rings. The first-order chi connectivity index (χ1) is 41.0. The van der Waals surface area contributed by atoms with E-state index >= 15 is 0 Å². The molecule has 0 aliphatic heterocycles. The molecule has 480 valence electrons. The van der Waals surface area contributed by atoms with E-state index in [0.717, 1.165) is 122 Å². The van der Waals surface area contributed by atoms with Crippen molar-refractivity contribution in [2.75, 3.05) is 13.2 Å². The van der Waals surface area contributed by atoms with Gasteiger partial charge in [0.25, 0.3) is 0 Å². The summed E-state index contributed by atoms with van der Waals surface area (Å²) in [6.07, 6.45) is 95.3. The van der Waals surface area contributed by atoms with Crippen molar-refractivity contribution in [3.63, 3.8) is 0 Å². The molecule has 0 heterocycles. The zero-order chi connectivity index (χ0) is 59.9. The third-order valence-electron chi connectivity index (χ3n) is 15.9. The Morgan fingerprint density at radius 2 is 0.470 bits per heavy atom. The third kappa shape index (κ3) is 69.3. The van der Waals surface area contributed by atoms with Crippen molar-refractivity contribution in [3.8, 4) is 0 Å². The van der Waals surface area contributed by atoms with E-state index in [9.17, 15) is 14.4 Å². The van der Waals surface area contributed by atoms with Gasteiger partial charge in [0.05, 0.1) is 0 Å². The van der Waals surface area contributed by atoms with Crippen molar-refractivity contribution in [3.05, 3.63) is 85.1 Å².